The molecule has 0 aliphatic carbocycles. The lowest BCUT2D eigenvalue weighted by Crippen LogP contribution is -2.45. The zero-order chi connectivity index (χ0) is 17.7. The number of rotatable bonds is 5. The lowest BCUT2D eigenvalue weighted by Gasteiger charge is -2.28. The Morgan fingerprint density at radius 3 is 2.54 bits per heavy atom. The highest BCUT2D eigenvalue weighted by molar-refractivity contribution is 5.95. The molecular formula is C18H23N3O3. The summed E-state index contributed by atoms with van der Waals surface area (Å²) in [7, 11) is 3.91. The van der Waals surface area contributed by atoms with E-state index >= 15 is 0 Å². The Morgan fingerprint density at radius 1 is 1.29 bits per heavy atom. The monoisotopic (exact) mass is 329 g/mol. The number of ether oxygens (including phenoxy) is 1. The first kappa shape index (κ1) is 17.6. The molecule has 1 aromatic carbocycles. The number of hydrogen-bond donors (Lipinski definition) is 2. The zero-order valence-corrected chi connectivity index (χ0v) is 14.4. The minimum Gasteiger partial charge on any atom is -0.458 e. The minimum atomic E-state index is -0.534. The normalized spacial score (nSPS) is 17.5. The summed E-state index contributed by atoms with van der Waals surface area (Å²) < 4.78 is 5.26. The quantitative estimate of drug-likeness (QED) is 0.643. The molecule has 0 fully saturated rings. The summed E-state index contributed by atoms with van der Waals surface area (Å²) in [5.41, 5.74) is 2.78. The lowest BCUT2D eigenvalue weighted by molar-refractivity contribution is -0.138. The Morgan fingerprint density at radius 2 is 1.96 bits per heavy atom. The van der Waals surface area contributed by atoms with Crippen molar-refractivity contribution in [2.24, 2.45) is 0 Å². The number of carbonyl (C=O) groups is 2. The van der Waals surface area contributed by atoms with E-state index in [-0.39, 0.29) is 12.6 Å². The Hall–Kier alpha value is -2.76. The first-order valence-electron chi connectivity index (χ1n) is 7.78. The van der Waals surface area contributed by atoms with Crippen LogP contribution in [0.15, 0.2) is 47.7 Å². The van der Waals surface area contributed by atoms with Gasteiger partial charge in [0.05, 0.1) is 11.6 Å². The number of allylic oxidation sites excluding steroid dienone is 2. The maximum Gasteiger partial charge on any atom is 0.338 e. The number of amides is 2. The number of nitrogens with zero attached hydrogens (tertiary/aromatic N) is 1. The first-order valence-corrected chi connectivity index (χ1v) is 7.78. The summed E-state index contributed by atoms with van der Waals surface area (Å²) in [6, 6.07) is 6.83. The molecule has 0 aromatic heterocycles. The molecule has 0 radical (unpaired) electrons. The van der Waals surface area contributed by atoms with Crippen LogP contribution in [0.3, 0.4) is 0 Å². The van der Waals surface area contributed by atoms with Crippen molar-refractivity contribution in [3.05, 3.63) is 53.3 Å². The number of nitrogens with one attached hydrogen (secondary N) is 2. The number of benzene rings is 1. The van der Waals surface area contributed by atoms with E-state index < -0.39 is 12.0 Å². The SMILES string of the molecule is C/C=C/COC(=O)C1=C(C)NC(=O)N[C@@H]1c1ccc(N(C)C)cc1. The lowest BCUT2D eigenvalue weighted by atomic mass is 9.95. The van der Waals surface area contributed by atoms with Gasteiger partial charge < -0.3 is 20.3 Å². The van der Waals surface area contributed by atoms with Gasteiger partial charge in [-0.2, -0.15) is 0 Å². The Labute approximate surface area is 142 Å². The van der Waals surface area contributed by atoms with Crippen molar-refractivity contribution in [1.82, 2.24) is 10.6 Å². The van der Waals surface area contributed by atoms with E-state index in [1.54, 1.807) is 13.0 Å². The average Bonchev–Trinajstić information content (AvgIpc) is 2.54. The van der Waals surface area contributed by atoms with Crippen molar-refractivity contribution in [3.63, 3.8) is 0 Å². The van der Waals surface area contributed by atoms with Crippen LogP contribution >= 0.6 is 0 Å². The highest BCUT2D eigenvalue weighted by atomic mass is 16.5. The van der Waals surface area contributed by atoms with Gasteiger partial charge in [0.15, 0.2) is 0 Å². The molecule has 128 valence electrons. The summed E-state index contributed by atoms with van der Waals surface area (Å²) in [5.74, 6) is -0.445. The predicted octanol–water partition coefficient (Wildman–Crippen LogP) is 2.50. The van der Waals surface area contributed by atoms with Crippen molar-refractivity contribution in [2.75, 3.05) is 25.6 Å². The van der Waals surface area contributed by atoms with Crippen LogP contribution in [0.1, 0.15) is 25.5 Å². The molecule has 1 aliphatic heterocycles. The van der Waals surface area contributed by atoms with Gasteiger partial charge in [0.2, 0.25) is 0 Å². The largest absolute Gasteiger partial charge is 0.458 e. The summed E-state index contributed by atoms with van der Waals surface area (Å²) in [6.07, 6.45) is 3.57. The predicted molar refractivity (Wildman–Crippen MR) is 93.7 cm³/mol. The van der Waals surface area contributed by atoms with Crippen LogP contribution in [-0.4, -0.2) is 32.7 Å². The van der Waals surface area contributed by atoms with Crippen molar-refractivity contribution < 1.29 is 14.3 Å². The van der Waals surface area contributed by atoms with Crippen LogP contribution in [0.25, 0.3) is 0 Å². The molecule has 0 saturated carbocycles. The van der Waals surface area contributed by atoms with E-state index in [9.17, 15) is 9.59 Å². The highest BCUT2D eigenvalue weighted by Gasteiger charge is 2.32. The van der Waals surface area contributed by atoms with Crippen LogP contribution in [-0.2, 0) is 9.53 Å². The fourth-order valence-corrected chi connectivity index (χ4v) is 2.48. The second-order valence-electron chi connectivity index (χ2n) is 5.72. The maximum atomic E-state index is 12.4. The molecule has 2 amide bonds. The number of anilines is 1. The summed E-state index contributed by atoms with van der Waals surface area (Å²) in [6.45, 7) is 3.76. The van der Waals surface area contributed by atoms with Crippen molar-refractivity contribution in [1.29, 1.82) is 0 Å². The number of urea groups is 1. The third kappa shape index (κ3) is 3.95. The summed E-state index contributed by atoms with van der Waals surface area (Å²) in [4.78, 5) is 26.3. The molecule has 2 N–H and O–H groups in total. The van der Waals surface area contributed by atoms with E-state index in [0.717, 1.165) is 11.3 Å². The minimum absolute atomic E-state index is 0.201. The van der Waals surface area contributed by atoms with Crippen molar-refractivity contribution >= 4 is 17.7 Å². The van der Waals surface area contributed by atoms with E-state index in [1.807, 2.05) is 56.3 Å². The molecule has 1 heterocycles. The van der Waals surface area contributed by atoms with Gasteiger partial charge in [-0.1, -0.05) is 24.3 Å². The second-order valence-corrected chi connectivity index (χ2v) is 5.72. The molecule has 1 aromatic rings. The topological polar surface area (TPSA) is 70.7 Å². The number of carbonyl (C=O) groups excluding carboxylic acids is 2. The smallest absolute Gasteiger partial charge is 0.338 e. The molecule has 0 unspecified atom stereocenters. The fourth-order valence-electron chi connectivity index (χ4n) is 2.48. The molecule has 2 rings (SSSR count). The molecule has 0 saturated heterocycles. The van der Waals surface area contributed by atoms with E-state index in [1.165, 1.54) is 0 Å². The van der Waals surface area contributed by atoms with Crippen LogP contribution in [0, 0.1) is 0 Å². The molecule has 0 bridgehead atoms. The van der Waals surface area contributed by atoms with Gasteiger partial charge in [-0.05, 0) is 31.5 Å². The zero-order valence-electron chi connectivity index (χ0n) is 14.4. The first-order chi connectivity index (χ1) is 11.4. The molecule has 6 nitrogen and oxygen atoms in total. The molecule has 1 atom stereocenters. The average molecular weight is 329 g/mol. The van der Waals surface area contributed by atoms with Crippen LogP contribution < -0.4 is 15.5 Å². The van der Waals surface area contributed by atoms with Crippen LogP contribution in [0.5, 0.6) is 0 Å². The summed E-state index contributed by atoms with van der Waals surface area (Å²) >= 11 is 0. The molecule has 24 heavy (non-hydrogen) atoms. The van der Waals surface area contributed by atoms with Crippen LogP contribution in [0.2, 0.25) is 0 Å². The standard InChI is InChI=1S/C18H23N3O3/c1-5-6-11-24-17(22)15-12(2)19-18(23)20-16(15)13-7-9-14(10-8-13)21(3)4/h5-10,16H,11H2,1-4H3,(H2,19,20,23)/b6-5+/t16-/m1/s1. The van der Waals surface area contributed by atoms with Gasteiger partial charge in [0.25, 0.3) is 0 Å². The number of hydrogen-bond acceptors (Lipinski definition) is 4. The van der Waals surface area contributed by atoms with Gasteiger partial charge in [0, 0.05) is 25.5 Å². The number of esters is 1. The highest BCUT2D eigenvalue weighted by Crippen LogP contribution is 2.28. The Kier molecular flexibility index (Phi) is 5.63. The van der Waals surface area contributed by atoms with Gasteiger partial charge in [-0.25, -0.2) is 9.59 Å². The Bertz CT molecular complexity index is 675. The van der Waals surface area contributed by atoms with E-state index in [0.29, 0.717) is 11.3 Å². The van der Waals surface area contributed by atoms with E-state index in [2.05, 4.69) is 10.6 Å². The molecule has 6 heteroatoms. The molecule has 0 spiro atoms. The van der Waals surface area contributed by atoms with Gasteiger partial charge in [-0.15, -0.1) is 0 Å². The fraction of sp³-hybridized carbons (Fsp3) is 0.333. The van der Waals surface area contributed by atoms with E-state index in [4.69, 9.17) is 4.74 Å². The van der Waals surface area contributed by atoms with Crippen molar-refractivity contribution in [3.8, 4) is 0 Å². The molecule has 1 aliphatic rings. The second kappa shape index (κ2) is 7.68. The van der Waals surface area contributed by atoms with Gasteiger partial charge >= 0.3 is 12.0 Å². The Balaban J connectivity index is 2.31. The third-order valence-corrected chi connectivity index (χ3v) is 3.78. The summed E-state index contributed by atoms with van der Waals surface area (Å²) in [5, 5.41) is 5.43. The third-order valence-electron chi connectivity index (χ3n) is 3.78. The van der Waals surface area contributed by atoms with Gasteiger partial charge in [-0.3, -0.25) is 0 Å². The molecular weight excluding hydrogens is 306 g/mol. The van der Waals surface area contributed by atoms with Crippen molar-refractivity contribution in [2.45, 2.75) is 19.9 Å². The van der Waals surface area contributed by atoms with Gasteiger partial charge in [0.1, 0.15) is 6.61 Å². The maximum absolute atomic E-state index is 12.4. The van der Waals surface area contributed by atoms with Crippen LogP contribution in [0.4, 0.5) is 10.5 Å².